The molecule has 0 aliphatic rings. The molecule has 5 nitrogen and oxygen atoms in total. The van der Waals surface area contributed by atoms with E-state index in [1.54, 1.807) is 24.3 Å². The lowest BCUT2D eigenvalue weighted by molar-refractivity contribution is 0.175. The number of hydrogen-bond donors (Lipinski definition) is 3. The van der Waals surface area contributed by atoms with Crippen molar-refractivity contribution < 1.29 is 9.90 Å². The van der Waals surface area contributed by atoms with Crippen molar-refractivity contribution >= 4 is 23.1 Å². The summed E-state index contributed by atoms with van der Waals surface area (Å²) in [5, 5.41) is 27.5. The summed E-state index contributed by atoms with van der Waals surface area (Å²) in [4.78, 5) is 11.7. The highest BCUT2D eigenvalue weighted by atomic mass is 32.1. The Bertz CT molecular complexity index is 620. The summed E-state index contributed by atoms with van der Waals surface area (Å²) in [6, 6.07) is 10.0. The smallest absolute Gasteiger partial charge is 0.319 e. The molecule has 2 rings (SSSR count). The van der Waals surface area contributed by atoms with Crippen LogP contribution in [0.5, 0.6) is 0 Å². The number of amides is 2. The van der Waals surface area contributed by atoms with Gasteiger partial charge in [-0.2, -0.15) is 16.6 Å². The van der Waals surface area contributed by atoms with Crippen LogP contribution in [0.3, 0.4) is 0 Å². The molecule has 0 saturated carbocycles. The number of aliphatic hydroxyl groups excluding tert-OH is 1. The minimum Gasteiger partial charge on any atom is -0.387 e. The SMILES string of the molecule is N#Cc1cccc(NC(=O)NCC(O)c2ccsc2)c1. The van der Waals surface area contributed by atoms with Crippen molar-refractivity contribution in [2.75, 3.05) is 11.9 Å². The van der Waals surface area contributed by atoms with Gasteiger partial charge in [0.1, 0.15) is 0 Å². The largest absolute Gasteiger partial charge is 0.387 e. The number of benzene rings is 1. The van der Waals surface area contributed by atoms with Gasteiger partial charge in [-0.25, -0.2) is 4.79 Å². The number of anilines is 1. The van der Waals surface area contributed by atoms with Gasteiger partial charge in [0.25, 0.3) is 0 Å². The summed E-state index contributed by atoms with van der Waals surface area (Å²) in [7, 11) is 0. The van der Waals surface area contributed by atoms with Crippen LogP contribution in [0.15, 0.2) is 41.1 Å². The fourth-order valence-corrected chi connectivity index (χ4v) is 2.32. The number of carbonyl (C=O) groups is 1. The highest BCUT2D eigenvalue weighted by molar-refractivity contribution is 7.07. The predicted octanol–water partition coefficient (Wildman–Crippen LogP) is 2.47. The van der Waals surface area contributed by atoms with Crippen LogP contribution in [0.2, 0.25) is 0 Å². The Balaban J connectivity index is 1.85. The van der Waals surface area contributed by atoms with E-state index >= 15 is 0 Å². The molecule has 0 aliphatic heterocycles. The number of nitrogens with one attached hydrogen (secondary N) is 2. The zero-order valence-electron chi connectivity index (χ0n) is 10.5. The van der Waals surface area contributed by atoms with Crippen LogP contribution in [0.1, 0.15) is 17.2 Å². The van der Waals surface area contributed by atoms with E-state index in [2.05, 4.69) is 10.6 Å². The number of nitriles is 1. The third-order valence-corrected chi connectivity index (χ3v) is 3.33. The van der Waals surface area contributed by atoms with Crippen molar-refractivity contribution in [3.63, 3.8) is 0 Å². The number of carbonyl (C=O) groups excluding carboxylic acids is 1. The van der Waals surface area contributed by atoms with E-state index in [0.717, 1.165) is 5.56 Å². The van der Waals surface area contributed by atoms with E-state index in [1.165, 1.54) is 11.3 Å². The van der Waals surface area contributed by atoms with Crippen LogP contribution in [0, 0.1) is 11.3 Å². The molecule has 1 unspecified atom stereocenters. The molecule has 2 amide bonds. The molecule has 2 aromatic rings. The van der Waals surface area contributed by atoms with Crippen molar-refractivity contribution in [2.24, 2.45) is 0 Å². The quantitative estimate of drug-likeness (QED) is 0.807. The first-order valence-electron chi connectivity index (χ1n) is 5.94. The van der Waals surface area contributed by atoms with Gasteiger partial charge in [0.2, 0.25) is 0 Å². The van der Waals surface area contributed by atoms with Crippen molar-refractivity contribution in [3.05, 3.63) is 52.2 Å². The molecule has 0 aliphatic carbocycles. The molecule has 20 heavy (non-hydrogen) atoms. The lowest BCUT2D eigenvalue weighted by Gasteiger charge is -2.11. The maximum absolute atomic E-state index is 11.7. The van der Waals surface area contributed by atoms with Gasteiger partial charge in [-0.05, 0) is 40.6 Å². The fraction of sp³-hybridized carbons (Fsp3) is 0.143. The molecule has 1 aromatic heterocycles. The van der Waals surface area contributed by atoms with Crippen molar-refractivity contribution in [3.8, 4) is 6.07 Å². The van der Waals surface area contributed by atoms with Gasteiger partial charge >= 0.3 is 6.03 Å². The predicted molar refractivity (Wildman–Crippen MR) is 77.5 cm³/mol. The van der Waals surface area contributed by atoms with Crippen LogP contribution in [0.4, 0.5) is 10.5 Å². The normalized spacial score (nSPS) is 11.4. The average Bonchev–Trinajstić information content (AvgIpc) is 2.99. The second-order valence-corrected chi connectivity index (χ2v) is 4.88. The highest BCUT2D eigenvalue weighted by Crippen LogP contribution is 2.15. The van der Waals surface area contributed by atoms with Crippen LogP contribution in [0.25, 0.3) is 0 Å². The number of thiophene rings is 1. The summed E-state index contributed by atoms with van der Waals surface area (Å²) in [6.07, 6.45) is -0.725. The van der Waals surface area contributed by atoms with Gasteiger partial charge in [0.15, 0.2) is 0 Å². The maximum atomic E-state index is 11.7. The summed E-state index contributed by atoms with van der Waals surface area (Å²) < 4.78 is 0. The number of urea groups is 1. The van der Waals surface area contributed by atoms with Gasteiger partial charge in [-0.3, -0.25) is 0 Å². The Morgan fingerprint density at radius 3 is 3.00 bits per heavy atom. The Morgan fingerprint density at radius 1 is 1.45 bits per heavy atom. The lowest BCUT2D eigenvalue weighted by Crippen LogP contribution is -2.32. The maximum Gasteiger partial charge on any atom is 0.319 e. The van der Waals surface area contributed by atoms with E-state index in [0.29, 0.717) is 11.3 Å². The standard InChI is InChI=1S/C14H13N3O2S/c15-7-10-2-1-3-12(6-10)17-14(19)16-8-13(18)11-4-5-20-9-11/h1-6,9,13,18H,8H2,(H2,16,17,19). The van der Waals surface area contributed by atoms with Crippen molar-refractivity contribution in [1.29, 1.82) is 5.26 Å². The Hall–Kier alpha value is -2.36. The van der Waals surface area contributed by atoms with E-state index in [-0.39, 0.29) is 6.54 Å². The molecule has 3 N–H and O–H groups in total. The van der Waals surface area contributed by atoms with Gasteiger partial charge in [0, 0.05) is 12.2 Å². The van der Waals surface area contributed by atoms with E-state index < -0.39 is 12.1 Å². The molecule has 0 saturated heterocycles. The van der Waals surface area contributed by atoms with Crippen molar-refractivity contribution in [2.45, 2.75) is 6.10 Å². The topological polar surface area (TPSA) is 85.2 Å². The Morgan fingerprint density at radius 2 is 2.30 bits per heavy atom. The molecule has 0 bridgehead atoms. The molecule has 1 aromatic carbocycles. The molecular weight excluding hydrogens is 274 g/mol. The van der Waals surface area contributed by atoms with Crippen LogP contribution < -0.4 is 10.6 Å². The Kier molecular flexibility index (Phi) is 4.71. The molecule has 1 heterocycles. The van der Waals surface area contributed by atoms with Crippen LogP contribution in [-0.2, 0) is 0 Å². The van der Waals surface area contributed by atoms with Gasteiger partial charge in [-0.1, -0.05) is 6.07 Å². The minimum absolute atomic E-state index is 0.126. The lowest BCUT2D eigenvalue weighted by atomic mass is 10.2. The molecule has 0 fully saturated rings. The van der Waals surface area contributed by atoms with Crippen LogP contribution >= 0.6 is 11.3 Å². The second kappa shape index (κ2) is 6.70. The second-order valence-electron chi connectivity index (χ2n) is 4.10. The summed E-state index contributed by atoms with van der Waals surface area (Å²) in [5.41, 5.74) is 1.79. The van der Waals surface area contributed by atoms with E-state index in [1.807, 2.05) is 22.9 Å². The third kappa shape index (κ3) is 3.82. The van der Waals surface area contributed by atoms with E-state index in [4.69, 9.17) is 5.26 Å². The van der Waals surface area contributed by atoms with Gasteiger partial charge < -0.3 is 15.7 Å². The van der Waals surface area contributed by atoms with Crippen LogP contribution in [-0.4, -0.2) is 17.7 Å². The third-order valence-electron chi connectivity index (χ3n) is 2.63. The first-order valence-corrected chi connectivity index (χ1v) is 6.88. The molecular formula is C14H13N3O2S. The molecule has 6 heteroatoms. The number of aliphatic hydroxyl groups is 1. The number of nitrogens with zero attached hydrogens (tertiary/aromatic N) is 1. The van der Waals surface area contributed by atoms with Crippen molar-refractivity contribution in [1.82, 2.24) is 5.32 Å². The zero-order valence-corrected chi connectivity index (χ0v) is 11.4. The first kappa shape index (κ1) is 14.1. The summed E-state index contributed by atoms with van der Waals surface area (Å²) >= 11 is 1.49. The minimum atomic E-state index is -0.725. The van der Waals surface area contributed by atoms with Gasteiger partial charge in [-0.15, -0.1) is 0 Å². The first-order chi connectivity index (χ1) is 9.69. The highest BCUT2D eigenvalue weighted by Gasteiger charge is 2.09. The molecule has 102 valence electrons. The molecule has 0 radical (unpaired) electrons. The molecule has 0 spiro atoms. The fourth-order valence-electron chi connectivity index (χ4n) is 1.61. The summed E-state index contributed by atoms with van der Waals surface area (Å²) in [6.45, 7) is 0.126. The molecule has 1 atom stereocenters. The number of hydrogen-bond acceptors (Lipinski definition) is 4. The van der Waals surface area contributed by atoms with Gasteiger partial charge in [0.05, 0.1) is 17.7 Å². The Labute approximate surface area is 120 Å². The summed E-state index contributed by atoms with van der Waals surface area (Å²) in [5.74, 6) is 0. The van der Waals surface area contributed by atoms with E-state index in [9.17, 15) is 9.90 Å². The zero-order chi connectivity index (χ0) is 14.4. The average molecular weight is 287 g/mol. The number of rotatable bonds is 4. The monoisotopic (exact) mass is 287 g/mol.